The maximum atomic E-state index is 2.40. The van der Waals surface area contributed by atoms with E-state index in [-0.39, 0.29) is 0 Å². The Morgan fingerprint density at radius 2 is 0.842 bits per heavy atom. The van der Waals surface area contributed by atoms with E-state index in [1.165, 1.54) is 66.3 Å². The van der Waals surface area contributed by atoms with Crippen LogP contribution in [0.25, 0.3) is 43.8 Å². The summed E-state index contributed by atoms with van der Waals surface area (Å²) in [6.07, 6.45) is 0. The molecule has 0 aromatic heterocycles. The Labute approximate surface area is 224 Å². The van der Waals surface area contributed by atoms with Crippen LogP contribution in [0.1, 0.15) is 11.1 Å². The number of hydrogen-bond acceptors (Lipinski definition) is 2. The molecule has 0 amide bonds. The number of rotatable bonds is 0. The molecule has 1 aliphatic rings. The Balaban J connectivity index is 1.53. The Kier molecular flexibility index (Phi) is 5.40. The second kappa shape index (κ2) is 9.08. The quantitative estimate of drug-likeness (QED) is 0.210. The zero-order valence-electron chi connectivity index (χ0n) is 21.9. The Bertz CT molecular complexity index is 1680. The van der Waals surface area contributed by atoms with Crippen molar-refractivity contribution in [2.24, 2.45) is 0 Å². The van der Waals surface area contributed by atoms with Crippen LogP contribution in [0.2, 0.25) is 0 Å². The van der Waals surface area contributed by atoms with E-state index < -0.39 is 0 Å². The van der Waals surface area contributed by atoms with Gasteiger partial charge in [-0.15, -0.1) is 0 Å². The van der Waals surface area contributed by atoms with Crippen molar-refractivity contribution < 1.29 is 0 Å². The van der Waals surface area contributed by atoms with Gasteiger partial charge in [-0.3, -0.25) is 0 Å². The van der Waals surface area contributed by atoms with Crippen LogP contribution in [0.4, 0.5) is 11.4 Å². The molecule has 0 spiro atoms. The fraction of sp³-hybridized carbons (Fsp3) is 0.111. The van der Waals surface area contributed by atoms with Crippen LogP contribution in [-0.4, -0.2) is 14.1 Å². The van der Waals surface area contributed by atoms with Crippen molar-refractivity contribution in [1.82, 2.24) is 0 Å². The van der Waals surface area contributed by atoms with E-state index >= 15 is 0 Å². The van der Waals surface area contributed by atoms with Gasteiger partial charge >= 0.3 is 0 Å². The number of hydrogen-bond donors (Lipinski definition) is 0. The molecular formula is C36H30N2. The Morgan fingerprint density at radius 3 is 1.32 bits per heavy atom. The second-order valence-corrected chi connectivity index (χ2v) is 10.5. The van der Waals surface area contributed by atoms with E-state index in [1.54, 1.807) is 0 Å². The first-order valence-electron chi connectivity index (χ1n) is 13.3. The average Bonchev–Trinajstić information content (AvgIpc) is 2.96. The van der Waals surface area contributed by atoms with E-state index in [9.17, 15) is 0 Å². The van der Waals surface area contributed by atoms with Gasteiger partial charge in [0.1, 0.15) is 0 Å². The molecule has 0 atom stereocenters. The summed E-state index contributed by atoms with van der Waals surface area (Å²) in [7, 11) is 4.44. The zero-order valence-corrected chi connectivity index (χ0v) is 21.9. The molecule has 0 radical (unpaired) electrons. The predicted octanol–water partition coefficient (Wildman–Crippen LogP) is 8.91. The highest BCUT2D eigenvalue weighted by molar-refractivity contribution is 5.95. The van der Waals surface area contributed by atoms with Gasteiger partial charge < -0.3 is 9.80 Å². The summed E-state index contributed by atoms with van der Waals surface area (Å²) < 4.78 is 0. The van der Waals surface area contributed by atoms with Gasteiger partial charge in [0, 0.05) is 49.7 Å². The molecule has 0 unspecified atom stereocenters. The lowest BCUT2D eigenvalue weighted by molar-refractivity contribution is 0.926. The summed E-state index contributed by atoms with van der Waals surface area (Å²) in [5, 5.41) is 5.18. The third-order valence-electron chi connectivity index (χ3n) is 7.96. The summed E-state index contributed by atoms with van der Waals surface area (Å²) >= 11 is 0. The molecule has 4 bridgehead atoms. The van der Waals surface area contributed by atoms with Gasteiger partial charge in [-0.1, -0.05) is 84.9 Å². The first-order chi connectivity index (χ1) is 18.7. The number of para-hydroxylation sites is 2. The first-order valence-corrected chi connectivity index (χ1v) is 13.3. The van der Waals surface area contributed by atoms with Crippen LogP contribution in [0, 0.1) is 0 Å². The maximum Gasteiger partial charge on any atom is 0.0446 e. The minimum Gasteiger partial charge on any atom is -0.370 e. The van der Waals surface area contributed by atoms with Crippen LogP contribution in [-0.2, 0) is 13.1 Å². The van der Waals surface area contributed by atoms with E-state index in [4.69, 9.17) is 0 Å². The van der Waals surface area contributed by atoms with Crippen LogP contribution in [0.15, 0.2) is 121 Å². The molecule has 1 heterocycles. The molecule has 0 aliphatic carbocycles. The highest BCUT2D eigenvalue weighted by Crippen LogP contribution is 2.39. The smallest absolute Gasteiger partial charge is 0.0446 e. The van der Waals surface area contributed by atoms with Crippen LogP contribution in [0.5, 0.6) is 0 Å². The minimum absolute atomic E-state index is 0.823. The van der Waals surface area contributed by atoms with Gasteiger partial charge in [0.25, 0.3) is 0 Å². The molecule has 7 rings (SSSR count). The monoisotopic (exact) mass is 490 g/mol. The van der Waals surface area contributed by atoms with E-state index in [0.29, 0.717) is 0 Å². The van der Waals surface area contributed by atoms with Crippen LogP contribution in [0.3, 0.4) is 0 Å². The fourth-order valence-electron chi connectivity index (χ4n) is 6.14. The summed E-state index contributed by atoms with van der Waals surface area (Å²) in [5.41, 5.74) is 10.2. The van der Waals surface area contributed by atoms with E-state index in [0.717, 1.165) is 13.1 Å². The Hall–Kier alpha value is -4.56. The molecule has 0 N–H and O–H groups in total. The van der Waals surface area contributed by atoms with Crippen molar-refractivity contribution in [3.8, 4) is 22.3 Å². The number of nitrogens with zero attached hydrogens (tertiary/aromatic N) is 2. The lowest BCUT2D eigenvalue weighted by Gasteiger charge is -2.27. The van der Waals surface area contributed by atoms with Gasteiger partial charge in [-0.25, -0.2) is 0 Å². The maximum absolute atomic E-state index is 2.40. The average molecular weight is 491 g/mol. The van der Waals surface area contributed by atoms with Crippen molar-refractivity contribution in [2.75, 3.05) is 23.9 Å². The summed E-state index contributed by atoms with van der Waals surface area (Å²) in [5.74, 6) is 0. The molecule has 0 saturated carbocycles. The molecule has 0 saturated heterocycles. The molecule has 6 aromatic rings. The lowest BCUT2D eigenvalue weighted by Crippen LogP contribution is -2.19. The predicted molar refractivity (Wildman–Crippen MR) is 163 cm³/mol. The zero-order chi connectivity index (χ0) is 25.6. The first kappa shape index (κ1) is 22.6. The second-order valence-electron chi connectivity index (χ2n) is 10.5. The van der Waals surface area contributed by atoms with Gasteiger partial charge in [0.15, 0.2) is 0 Å². The van der Waals surface area contributed by atoms with Crippen molar-refractivity contribution in [1.29, 1.82) is 0 Å². The molecule has 38 heavy (non-hydrogen) atoms. The molecule has 2 nitrogen and oxygen atoms in total. The van der Waals surface area contributed by atoms with Crippen LogP contribution >= 0.6 is 0 Å². The molecule has 2 heteroatoms. The van der Waals surface area contributed by atoms with Crippen molar-refractivity contribution in [2.45, 2.75) is 13.1 Å². The lowest BCUT2D eigenvalue weighted by atomic mass is 9.93. The van der Waals surface area contributed by atoms with Crippen molar-refractivity contribution in [3.63, 3.8) is 0 Å². The van der Waals surface area contributed by atoms with Gasteiger partial charge in [0.2, 0.25) is 0 Å². The number of fused-ring (bicyclic) bond motifs is 12. The summed E-state index contributed by atoms with van der Waals surface area (Å²) in [6, 6.07) is 44.7. The highest BCUT2D eigenvalue weighted by atomic mass is 15.1. The number of anilines is 2. The third kappa shape index (κ3) is 3.81. The topological polar surface area (TPSA) is 6.48 Å². The largest absolute Gasteiger partial charge is 0.370 e. The minimum atomic E-state index is 0.823. The van der Waals surface area contributed by atoms with Gasteiger partial charge in [0.05, 0.1) is 0 Å². The fourth-order valence-corrected chi connectivity index (χ4v) is 6.14. The molecule has 6 aromatic carbocycles. The standard InChI is InChI=1S/C36H30N2/c1-37-23-29-21-28(20-25-11-3-5-13-31(25)29)34-16-8-10-18-36(34)38(2)24-30-22-27(33-15-7-9-17-35(33)37)19-26-12-4-6-14-32(26)30/h3-22H,23-24H2,1-2H3. The SMILES string of the molecule is CN1Cc2cc(cc3ccccc23)-c2ccccc2N(C)Cc2cc(cc3ccccc23)-c2ccccc21. The molecule has 0 fully saturated rings. The highest BCUT2D eigenvalue weighted by Gasteiger charge is 2.18. The van der Waals surface area contributed by atoms with Gasteiger partial charge in [-0.2, -0.15) is 0 Å². The summed E-state index contributed by atoms with van der Waals surface area (Å²) in [6.45, 7) is 1.65. The van der Waals surface area contributed by atoms with Crippen molar-refractivity contribution >= 4 is 32.9 Å². The van der Waals surface area contributed by atoms with Crippen molar-refractivity contribution in [3.05, 3.63) is 132 Å². The summed E-state index contributed by atoms with van der Waals surface area (Å²) in [4.78, 5) is 4.80. The van der Waals surface area contributed by atoms with E-state index in [1.807, 2.05) is 0 Å². The van der Waals surface area contributed by atoms with Crippen LogP contribution < -0.4 is 9.80 Å². The number of benzene rings is 6. The molecule has 184 valence electrons. The van der Waals surface area contributed by atoms with E-state index in [2.05, 4.69) is 145 Å². The van der Waals surface area contributed by atoms with Gasteiger partial charge in [-0.05, 0) is 80.2 Å². The molecule has 1 aliphatic heterocycles. The molecular weight excluding hydrogens is 460 g/mol. The normalized spacial score (nSPS) is 13.2. The Morgan fingerprint density at radius 1 is 0.447 bits per heavy atom. The third-order valence-corrected chi connectivity index (χ3v) is 7.96.